The zero-order valence-corrected chi connectivity index (χ0v) is 18.9. The van der Waals surface area contributed by atoms with Gasteiger partial charge in [-0.05, 0) is 55.0 Å². The van der Waals surface area contributed by atoms with Crippen LogP contribution in [0.25, 0.3) is 0 Å². The summed E-state index contributed by atoms with van der Waals surface area (Å²) in [6.07, 6.45) is 2.08. The van der Waals surface area contributed by atoms with Gasteiger partial charge in [-0.3, -0.25) is 4.79 Å². The van der Waals surface area contributed by atoms with E-state index < -0.39 is 10.0 Å². The van der Waals surface area contributed by atoms with Crippen LogP contribution < -0.4 is 10.2 Å². The fourth-order valence-electron chi connectivity index (χ4n) is 4.55. The van der Waals surface area contributed by atoms with Crippen LogP contribution >= 0.6 is 0 Å². The summed E-state index contributed by atoms with van der Waals surface area (Å²) < 4.78 is 40.0. The first-order valence-electron chi connectivity index (χ1n) is 11.2. The van der Waals surface area contributed by atoms with Crippen molar-refractivity contribution in [3.05, 3.63) is 66.0 Å². The average Bonchev–Trinajstić information content (AvgIpc) is 3.27. The van der Waals surface area contributed by atoms with Crippen molar-refractivity contribution >= 4 is 21.6 Å². The molecule has 1 atom stereocenters. The van der Waals surface area contributed by atoms with E-state index in [2.05, 4.69) is 10.2 Å². The largest absolute Gasteiger partial charge is 0.371 e. The number of amides is 1. The highest BCUT2D eigenvalue weighted by Crippen LogP contribution is 2.25. The number of hydrogen-bond donors (Lipinski definition) is 1. The Balaban J connectivity index is 1.21. The molecule has 8 heteroatoms. The highest BCUT2D eigenvalue weighted by atomic mass is 32.2. The van der Waals surface area contributed by atoms with Gasteiger partial charge in [0.15, 0.2) is 0 Å². The molecule has 2 aliphatic rings. The summed E-state index contributed by atoms with van der Waals surface area (Å²) in [5.41, 5.74) is 1.78. The quantitative estimate of drug-likeness (QED) is 0.691. The molecule has 32 heavy (non-hydrogen) atoms. The molecule has 2 aromatic carbocycles. The summed E-state index contributed by atoms with van der Waals surface area (Å²) in [7, 11) is -3.37. The summed E-state index contributed by atoms with van der Waals surface area (Å²) in [4.78, 5) is 14.9. The molecule has 2 fully saturated rings. The SMILES string of the molecule is O=C(NCC1CCN(c2ccc(F)cc2)C1)C1CCN(S(=O)(=O)Cc2ccccc2)CC1. The second-order valence-corrected chi connectivity index (χ2v) is 10.7. The Morgan fingerprint density at radius 2 is 1.66 bits per heavy atom. The molecule has 2 aliphatic heterocycles. The van der Waals surface area contributed by atoms with Crippen LogP contribution in [0.5, 0.6) is 0 Å². The maximum Gasteiger partial charge on any atom is 0.223 e. The molecular formula is C24H30FN3O3S. The molecule has 0 aliphatic carbocycles. The van der Waals surface area contributed by atoms with Gasteiger partial charge in [-0.2, -0.15) is 0 Å². The van der Waals surface area contributed by atoms with Gasteiger partial charge >= 0.3 is 0 Å². The highest BCUT2D eigenvalue weighted by molar-refractivity contribution is 7.88. The van der Waals surface area contributed by atoms with Crippen molar-refractivity contribution in [2.75, 3.05) is 37.6 Å². The van der Waals surface area contributed by atoms with Crippen LogP contribution in [0.2, 0.25) is 0 Å². The lowest BCUT2D eigenvalue weighted by Gasteiger charge is -2.30. The van der Waals surface area contributed by atoms with Crippen LogP contribution in [0.4, 0.5) is 10.1 Å². The number of sulfonamides is 1. The van der Waals surface area contributed by atoms with E-state index in [1.807, 2.05) is 30.3 Å². The number of nitrogens with one attached hydrogen (secondary N) is 1. The van der Waals surface area contributed by atoms with Crippen LogP contribution in [0, 0.1) is 17.7 Å². The van der Waals surface area contributed by atoms with Gasteiger partial charge in [0.05, 0.1) is 5.75 Å². The molecule has 1 amide bonds. The van der Waals surface area contributed by atoms with Crippen LogP contribution in [0.3, 0.4) is 0 Å². The standard InChI is InChI=1S/C24H30FN3O3S/c25-22-6-8-23(9-7-22)27-13-10-20(17-27)16-26-24(29)21-11-14-28(15-12-21)32(30,31)18-19-4-2-1-3-5-19/h1-9,20-21H,10-18H2,(H,26,29). The van der Waals surface area contributed by atoms with Gasteiger partial charge in [0.2, 0.25) is 15.9 Å². The topological polar surface area (TPSA) is 69.7 Å². The number of benzene rings is 2. The zero-order chi connectivity index (χ0) is 22.6. The van der Waals surface area contributed by atoms with Crippen molar-refractivity contribution in [2.45, 2.75) is 25.0 Å². The monoisotopic (exact) mass is 459 g/mol. The molecule has 0 aromatic heterocycles. The Hall–Kier alpha value is -2.45. The van der Waals surface area contributed by atoms with Crippen LogP contribution in [-0.2, 0) is 20.6 Å². The molecule has 2 saturated heterocycles. The molecule has 4 rings (SSSR count). The number of carbonyl (C=O) groups is 1. The molecule has 0 saturated carbocycles. The van der Waals surface area contributed by atoms with Gasteiger partial charge in [0.25, 0.3) is 0 Å². The van der Waals surface area contributed by atoms with Crippen molar-refractivity contribution in [3.8, 4) is 0 Å². The third kappa shape index (κ3) is 5.66. The molecule has 172 valence electrons. The second kappa shape index (κ2) is 10.0. The minimum atomic E-state index is -3.37. The van der Waals surface area contributed by atoms with E-state index in [0.717, 1.165) is 30.8 Å². The van der Waals surface area contributed by atoms with Crippen molar-refractivity contribution in [1.29, 1.82) is 0 Å². The lowest BCUT2D eigenvalue weighted by atomic mass is 9.97. The van der Waals surface area contributed by atoms with E-state index in [4.69, 9.17) is 0 Å². The second-order valence-electron chi connectivity index (χ2n) is 8.74. The van der Waals surface area contributed by atoms with Crippen LogP contribution in [-0.4, -0.2) is 51.4 Å². The normalized spacial score (nSPS) is 20.4. The summed E-state index contributed by atoms with van der Waals surface area (Å²) in [6, 6.07) is 15.7. The number of nitrogens with zero attached hydrogens (tertiary/aromatic N) is 2. The average molecular weight is 460 g/mol. The fraction of sp³-hybridized carbons (Fsp3) is 0.458. The van der Waals surface area contributed by atoms with Gasteiger partial charge in [0.1, 0.15) is 5.82 Å². The summed E-state index contributed by atoms with van der Waals surface area (Å²) >= 11 is 0. The number of hydrogen-bond acceptors (Lipinski definition) is 4. The first-order valence-corrected chi connectivity index (χ1v) is 12.8. The summed E-state index contributed by atoms with van der Waals surface area (Å²) in [5.74, 6) is -0.0131. The van der Waals surface area contributed by atoms with E-state index in [0.29, 0.717) is 38.4 Å². The van der Waals surface area contributed by atoms with Gasteiger partial charge < -0.3 is 10.2 Å². The van der Waals surface area contributed by atoms with Crippen molar-refractivity contribution in [1.82, 2.24) is 9.62 Å². The molecule has 2 aromatic rings. The van der Waals surface area contributed by atoms with Gasteiger partial charge in [-0.1, -0.05) is 30.3 Å². The molecular weight excluding hydrogens is 429 g/mol. The molecule has 1 N–H and O–H groups in total. The molecule has 0 radical (unpaired) electrons. The third-order valence-electron chi connectivity index (χ3n) is 6.45. The van der Waals surface area contributed by atoms with E-state index in [1.165, 1.54) is 16.4 Å². The lowest BCUT2D eigenvalue weighted by molar-refractivity contribution is -0.126. The summed E-state index contributed by atoms with van der Waals surface area (Å²) in [5, 5.41) is 3.08. The summed E-state index contributed by atoms with van der Waals surface area (Å²) in [6.45, 7) is 3.11. The Bertz CT molecular complexity index is 1010. The first-order chi connectivity index (χ1) is 15.4. The number of rotatable bonds is 7. The van der Waals surface area contributed by atoms with E-state index in [-0.39, 0.29) is 23.4 Å². The predicted molar refractivity (Wildman–Crippen MR) is 123 cm³/mol. The Morgan fingerprint density at radius 3 is 2.34 bits per heavy atom. The van der Waals surface area contributed by atoms with Gasteiger partial charge in [-0.15, -0.1) is 0 Å². The van der Waals surface area contributed by atoms with E-state index in [9.17, 15) is 17.6 Å². The zero-order valence-electron chi connectivity index (χ0n) is 18.1. The highest BCUT2D eigenvalue weighted by Gasteiger charge is 2.32. The molecule has 6 nitrogen and oxygen atoms in total. The van der Waals surface area contributed by atoms with Gasteiger partial charge in [-0.25, -0.2) is 17.1 Å². The Morgan fingerprint density at radius 1 is 0.969 bits per heavy atom. The van der Waals surface area contributed by atoms with Crippen LogP contribution in [0.1, 0.15) is 24.8 Å². The maximum absolute atomic E-state index is 13.1. The van der Waals surface area contributed by atoms with Crippen molar-refractivity contribution in [2.24, 2.45) is 11.8 Å². The lowest BCUT2D eigenvalue weighted by Crippen LogP contribution is -2.44. The van der Waals surface area contributed by atoms with Crippen LogP contribution in [0.15, 0.2) is 54.6 Å². The molecule has 2 heterocycles. The van der Waals surface area contributed by atoms with E-state index >= 15 is 0 Å². The minimum Gasteiger partial charge on any atom is -0.371 e. The van der Waals surface area contributed by atoms with Crippen molar-refractivity contribution < 1.29 is 17.6 Å². The van der Waals surface area contributed by atoms with E-state index in [1.54, 1.807) is 12.1 Å². The minimum absolute atomic E-state index is 0.00304. The van der Waals surface area contributed by atoms with Gasteiger partial charge in [0, 0.05) is 44.3 Å². The smallest absolute Gasteiger partial charge is 0.223 e. The number of carbonyl (C=O) groups excluding carboxylic acids is 1. The Kier molecular flexibility index (Phi) is 7.10. The number of anilines is 1. The fourth-order valence-corrected chi connectivity index (χ4v) is 6.11. The third-order valence-corrected chi connectivity index (χ3v) is 8.30. The maximum atomic E-state index is 13.1. The predicted octanol–water partition coefficient (Wildman–Crippen LogP) is 3.01. The first kappa shape index (κ1) is 22.7. The van der Waals surface area contributed by atoms with Crippen molar-refractivity contribution in [3.63, 3.8) is 0 Å². The Labute approximate surface area is 189 Å². The molecule has 0 bridgehead atoms. The number of halogens is 1. The number of piperidine rings is 1. The molecule has 0 spiro atoms. The molecule has 1 unspecified atom stereocenters.